The Kier molecular flexibility index (Phi) is 5.13. The Morgan fingerprint density at radius 3 is 2.54 bits per heavy atom. The summed E-state index contributed by atoms with van der Waals surface area (Å²) in [7, 11) is 0. The van der Waals surface area contributed by atoms with Gasteiger partial charge in [0.15, 0.2) is 5.84 Å². The highest BCUT2D eigenvalue weighted by atomic mass is 16.4. The van der Waals surface area contributed by atoms with E-state index in [1.807, 2.05) is 24.3 Å². The quantitative estimate of drug-likeness (QED) is 0.294. The van der Waals surface area contributed by atoms with Crippen molar-refractivity contribution in [3.63, 3.8) is 0 Å². The van der Waals surface area contributed by atoms with Crippen LogP contribution in [0.2, 0.25) is 0 Å². The predicted molar refractivity (Wildman–Crippen MR) is 96.8 cm³/mol. The van der Waals surface area contributed by atoms with Crippen LogP contribution >= 0.6 is 0 Å². The van der Waals surface area contributed by atoms with Gasteiger partial charge in [0.25, 0.3) is 0 Å². The summed E-state index contributed by atoms with van der Waals surface area (Å²) in [6.45, 7) is 0.820. The lowest BCUT2D eigenvalue weighted by molar-refractivity contribution is 0.318. The van der Waals surface area contributed by atoms with Crippen molar-refractivity contribution in [1.82, 2.24) is 5.32 Å². The number of nitrogens with zero attached hydrogens (tertiary/aromatic N) is 1. The summed E-state index contributed by atoms with van der Waals surface area (Å²) < 4.78 is 0. The van der Waals surface area contributed by atoms with Crippen molar-refractivity contribution >= 4 is 5.84 Å². The zero-order valence-electron chi connectivity index (χ0n) is 13.7. The summed E-state index contributed by atoms with van der Waals surface area (Å²) in [6, 6.07) is 16.7. The van der Waals surface area contributed by atoms with Crippen LogP contribution in [0, 0.1) is 0 Å². The molecule has 2 atom stereocenters. The minimum atomic E-state index is 0.117. The molecule has 6 N–H and O–H groups in total. The van der Waals surface area contributed by atoms with E-state index >= 15 is 0 Å². The summed E-state index contributed by atoms with van der Waals surface area (Å²) in [5, 5.41) is 15.6. The first-order valence-electron chi connectivity index (χ1n) is 8.34. The molecular weight excluding hydrogens is 300 g/mol. The fourth-order valence-corrected chi connectivity index (χ4v) is 3.31. The zero-order valence-corrected chi connectivity index (χ0v) is 13.7. The third-order valence-electron chi connectivity index (χ3n) is 4.71. The molecule has 2 unspecified atom stereocenters. The first-order chi connectivity index (χ1) is 11.7. The lowest BCUT2D eigenvalue weighted by Gasteiger charge is -2.17. The van der Waals surface area contributed by atoms with E-state index in [0.717, 1.165) is 36.1 Å². The van der Waals surface area contributed by atoms with E-state index in [9.17, 15) is 0 Å². The molecule has 0 aliphatic heterocycles. The van der Waals surface area contributed by atoms with E-state index in [4.69, 9.17) is 16.7 Å². The van der Waals surface area contributed by atoms with Gasteiger partial charge in [-0.15, -0.1) is 0 Å². The van der Waals surface area contributed by atoms with Gasteiger partial charge in [-0.1, -0.05) is 60.1 Å². The second-order valence-corrected chi connectivity index (χ2v) is 6.31. The molecule has 5 nitrogen and oxygen atoms in total. The van der Waals surface area contributed by atoms with E-state index in [0.29, 0.717) is 6.04 Å². The largest absolute Gasteiger partial charge is 0.409 e. The van der Waals surface area contributed by atoms with Crippen LogP contribution in [-0.4, -0.2) is 23.1 Å². The minimum absolute atomic E-state index is 0.117. The zero-order chi connectivity index (χ0) is 16.9. The molecule has 5 heteroatoms. The normalized spacial score (nSPS) is 21.1. The molecular formula is C19H24N4O. The molecule has 0 radical (unpaired) electrons. The first-order valence-corrected chi connectivity index (χ1v) is 8.34. The molecule has 1 fully saturated rings. The summed E-state index contributed by atoms with van der Waals surface area (Å²) >= 11 is 0. The number of nitrogens with two attached hydrogens (primary N) is 2. The van der Waals surface area contributed by atoms with Crippen LogP contribution in [0.4, 0.5) is 0 Å². The second-order valence-electron chi connectivity index (χ2n) is 6.31. The molecule has 3 rings (SSSR count). The van der Waals surface area contributed by atoms with E-state index < -0.39 is 0 Å². The summed E-state index contributed by atoms with van der Waals surface area (Å²) in [6.07, 6.45) is 3.48. The van der Waals surface area contributed by atoms with Crippen LogP contribution in [-0.2, 0) is 6.54 Å². The number of amidine groups is 1. The number of hydrogen-bond acceptors (Lipinski definition) is 4. The highest BCUT2D eigenvalue weighted by Crippen LogP contribution is 2.24. The third-order valence-corrected chi connectivity index (χ3v) is 4.71. The fourth-order valence-electron chi connectivity index (χ4n) is 3.31. The van der Waals surface area contributed by atoms with Crippen molar-refractivity contribution in [2.45, 2.75) is 37.9 Å². The summed E-state index contributed by atoms with van der Waals surface area (Å²) in [4.78, 5) is 0. The highest BCUT2D eigenvalue weighted by Gasteiger charge is 2.22. The van der Waals surface area contributed by atoms with Gasteiger partial charge >= 0.3 is 0 Å². The van der Waals surface area contributed by atoms with Gasteiger partial charge < -0.3 is 22.0 Å². The van der Waals surface area contributed by atoms with Crippen molar-refractivity contribution < 1.29 is 5.21 Å². The van der Waals surface area contributed by atoms with Gasteiger partial charge in [0.2, 0.25) is 0 Å². The smallest absolute Gasteiger partial charge is 0.170 e. The van der Waals surface area contributed by atoms with E-state index in [1.54, 1.807) is 0 Å². The molecule has 0 spiro atoms. The van der Waals surface area contributed by atoms with Gasteiger partial charge in [-0.3, -0.25) is 0 Å². The van der Waals surface area contributed by atoms with E-state index in [2.05, 4.69) is 34.7 Å². The Hall–Kier alpha value is -2.37. The molecule has 0 heterocycles. The fraction of sp³-hybridized carbons (Fsp3) is 0.316. The van der Waals surface area contributed by atoms with Crippen LogP contribution < -0.4 is 16.8 Å². The SMILES string of the molecule is N/C(=N/O)c1ccccc1-c1ccc(CNC2CCCC2N)cc1. The van der Waals surface area contributed by atoms with E-state index in [1.165, 1.54) is 12.0 Å². The maximum absolute atomic E-state index is 8.94. The second kappa shape index (κ2) is 7.47. The summed E-state index contributed by atoms with van der Waals surface area (Å²) in [5.41, 5.74) is 15.8. The lowest BCUT2D eigenvalue weighted by atomic mass is 9.98. The Morgan fingerprint density at radius 1 is 1.12 bits per heavy atom. The highest BCUT2D eigenvalue weighted by molar-refractivity contribution is 6.03. The lowest BCUT2D eigenvalue weighted by Crippen LogP contribution is -2.40. The Morgan fingerprint density at radius 2 is 1.88 bits per heavy atom. The van der Waals surface area contributed by atoms with E-state index in [-0.39, 0.29) is 11.9 Å². The first kappa shape index (κ1) is 16.5. The standard InChI is InChI=1S/C19H24N4O/c20-17-6-3-7-18(17)22-12-13-8-10-14(11-9-13)15-4-1-2-5-16(15)19(21)23-24/h1-2,4-5,8-11,17-18,22,24H,3,6-7,12,20H2,(H2,21,23). The van der Waals surface area contributed by atoms with Gasteiger partial charge in [-0.05, 0) is 29.5 Å². The summed E-state index contributed by atoms with van der Waals surface area (Å²) in [5.74, 6) is 0.117. The molecule has 0 amide bonds. The number of nitrogens with one attached hydrogen (secondary N) is 1. The maximum Gasteiger partial charge on any atom is 0.170 e. The van der Waals surface area contributed by atoms with Gasteiger partial charge in [-0.25, -0.2) is 0 Å². The number of hydrogen-bond donors (Lipinski definition) is 4. The molecule has 2 aromatic carbocycles. The van der Waals surface area contributed by atoms with Gasteiger partial charge in [0, 0.05) is 24.2 Å². The Labute approximate surface area is 142 Å². The van der Waals surface area contributed by atoms with Crippen LogP contribution in [0.3, 0.4) is 0 Å². The molecule has 1 saturated carbocycles. The molecule has 1 aliphatic rings. The van der Waals surface area contributed by atoms with Crippen molar-refractivity contribution in [2.75, 3.05) is 0 Å². The van der Waals surface area contributed by atoms with Crippen molar-refractivity contribution in [3.8, 4) is 11.1 Å². The van der Waals surface area contributed by atoms with Crippen molar-refractivity contribution in [3.05, 3.63) is 59.7 Å². The Bertz CT molecular complexity index is 712. The van der Waals surface area contributed by atoms with Gasteiger partial charge in [-0.2, -0.15) is 0 Å². The molecule has 2 aromatic rings. The number of oxime groups is 1. The average molecular weight is 324 g/mol. The van der Waals surface area contributed by atoms with Crippen LogP contribution in [0.15, 0.2) is 53.7 Å². The predicted octanol–water partition coefficient (Wildman–Crippen LogP) is 2.42. The van der Waals surface area contributed by atoms with Crippen molar-refractivity contribution in [2.24, 2.45) is 16.6 Å². The van der Waals surface area contributed by atoms with Crippen LogP contribution in [0.25, 0.3) is 11.1 Å². The molecule has 0 saturated heterocycles. The number of rotatable bonds is 5. The third kappa shape index (κ3) is 3.58. The minimum Gasteiger partial charge on any atom is -0.409 e. The Balaban J connectivity index is 1.73. The molecule has 0 aromatic heterocycles. The molecule has 0 bridgehead atoms. The maximum atomic E-state index is 8.94. The average Bonchev–Trinajstić information content (AvgIpc) is 3.05. The van der Waals surface area contributed by atoms with Gasteiger partial charge in [0.05, 0.1) is 0 Å². The molecule has 1 aliphatic carbocycles. The van der Waals surface area contributed by atoms with Crippen molar-refractivity contribution in [1.29, 1.82) is 0 Å². The topological polar surface area (TPSA) is 96.7 Å². The monoisotopic (exact) mass is 324 g/mol. The molecule has 126 valence electrons. The number of benzene rings is 2. The van der Waals surface area contributed by atoms with Gasteiger partial charge in [0.1, 0.15) is 0 Å². The van der Waals surface area contributed by atoms with Crippen LogP contribution in [0.1, 0.15) is 30.4 Å². The van der Waals surface area contributed by atoms with Crippen LogP contribution in [0.5, 0.6) is 0 Å². The molecule has 24 heavy (non-hydrogen) atoms.